The Hall–Kier alpha value is -3.39. The maximum Gasteiger partial charge on any atom is 0.312 e. The van der Waals surface area contributed by atoms with Gasteiger partial charge in [-0.2, -0.15) is 0 Å². The molecule has 1 aromatic carbocycles. The van der Waals surface area contributed by atoms with Gasteiger partial charge in [-0.1, -0.05) is 0 Å². The van der Waals surface area contributed by atoms with Crippen molar-refractivity contribution in [2.75, 3.05) is 28.4 Å². The quantitative estimate of drug-likeness (QED) is 0.498. The van der Waals surface area contributed by atoms with Crippen LogP contribution in [-0.4, -0.2) is 54.3 Å². The topological polar surface area (TPSA) is 82.9 Å². The number of carbonyl (C=O) groups is 1. The Bertz CT molecular complexity index is 1320. The summed E-state index contributed by atoms with van der Waals surface area (Å²) < 4.78 is 18.2. The lowest BCUT2D eigenvalue weighted by Crippen LogP contribution is -2.76. The molecule has 8 heteroatoms. The second-order valence-corrected chi connectivity index (χ2v) is 9.62. The highest BCUT2D eigenvalue weighted by Crippen LogP contribution is 2.70. The second kappa shape index (κ2) is 7.84. The first-order valence-electron chi connectivity index (χ1n) is 11.3. The van der Waals surface area contributed by atoms with Gasteiger partial charge < -0.3 is 18.8 Å². The van der Waals surface area contributed by atoms with E-state index in [4.69, 9.17) is 14.2 Å². The fourth-order valence-corrected chi connectivity index (χ4v) is 5.81. The molecule has 2 bridgehead atoms. The smallest absolute Gasteiger partial charge is 0.312 e. The number of ether oxygens (including phenoxy) is 3. The number of fused-ring (bicyclic) bond motifs is 1. The molecule has 0 aliphatic heterocycles. The lowest BCUT2D eigenvalue weighted by molar-refractivity contribution is -0.231. The van der Waals surface area contributed by atoms with Crippen molar-refractivity contribution in [2.24, 2.45) is 12.5 Å². The minimum Gasteiger partial charge on any atom is -0.496 e. The van der Waals surface area contributed by atoms with Crippen LogP contribution in [0.15, 0.2) is 41.6 Å². The number of hydrogen-bond acceptors (Lipinski definition) is 7. The largest absolute Gasteiger partial charge is 0.496 e. The number of nitrogens with zero attached hydrogens (tertiary/aromatic N) is 3. The van der Waals surface area contributed by atoms with Crippen LogP contribution < -0.4 is 15.0 Å². The minimum absolute atomic E-state index is 0.0177. The maximum absolute atomic E-state index is 12.6. The molecule has 0 spiro atoms. The van der Waals surface area contributed by atoms with Gasteiger partial charge >= 0.3 is 5.97 Å². The highest BCUT2D eigenvalue weighted by molar-refractivity contribution is 5.95. The average Bonchev–Trinajstić information content (AvgIpc) is 2.79. The third-order valence-electron chi connectivity index (χ3n) is 7.73. The molecule has 0 atom stereocenters. The van der Waals surface area contributed by atoms with Crippen LogP contribution in [0.1, 0.15) is 24.8 Å². The van der Waals surface area contributed by atoms with E-state index in [-0.39, 0.29) is 22.5 Å². The Morgan fingerprint density at radius 2 is 1.76 bits per heavy atom. The van der Waals surface area contributed by atoms with E-state index in [1.165, 1.54) is 7.11 Å². The summed E-state index contributed by atoms with van der Waals surface area (Å²) in [6.45, 7) is 0.627. The standard InChI is InChI=1S/C26H29N3O5/c1-28-11-19(17-6-7-27-10-18(17)23(28)30)16-8-21(32-3)20(22(9-16)33-4)12-29(2)26-13-25(14-26,15-26)24(31)34-5/h6-11H,12-15H2,1-5H3. The van der Waals surface area contributed by atoms with E-state index in [2.05, 4.69) is 16.9 Å². The van der Waals surface area contributed by atoms with Crippen LogP contribution in [0.4, 0.5) is 0 Å². The Morgan fingerprint density at radius 1 is 1.12 bits per heavy atom. The van der Waals surface area contributed by atoms with Gasteiger partial charge in [0.15, 0.2) is 0 Å². The highest BCUT2D eigenvalue weighted by atomic mass is 16.5. The van der Waals surface area contributed by atoms with Gasteiger partial charge in [0, 0.05) is 43.3 Å². The number of benzene rings is 1. The number of pyridine rings is 2. The number of rotatable bonds is 7. The highest BCUT2D eigenvalue weighted by Gasteiger charge is 2.73. The first-order chi connectivity index (χ1) is 16.3. The van der Waals surface area contributed by atoms with Gasteiger partial charge in [-0.3, -0.25) is 19.5 Å². The van der Waals surface area contributed by atoms with Gasteiger partial charge in [-0.25, -0.2) is 0 Å². The summed E-state index contributed by atoms with van der Waals surface area (Å²) in [6, 6.07) is 5.83. The molecule has 0 unspecified atom stereocenters. The van der Waals surface area contributed by atoms with Gasteiger partial charge in [-0.15, -0.1) is 0 Å². The Kier molecular flexibility index (Phi) is 5.16. The second-order valence-electron chi connectivity index (χ2n) is 9.62. The molecule has 34 heavy (non-hydrogen) atoms. The van der Waals surface area contributed by atoms with Crippen LogP contribution in [0.3, 0.4) is 0 Å². The number of aromatic nitrogens is 2. The van der Waals surface area contributed by atoms with E-state index in [1.807, 2.05) is 24.4 Å². The summed E-state index contributed by atoms with van der Waals surface area (Å²) in [5, 5.41) is 1.39. The normalized spacial score (nSPS) is 22.8. The molecule has 3 aliphatic carbocycles. The van der Waals surface area contributed by atoms with Crippen molar-refractivity contribution in [1.82, 2.24) is 14.5 Å². The molecule has 6 rings (SSSR count). The average molecular weight is 464 g/mol. The molecule has 0 radical (unpaired) electrons. The molecule has 8 nitrogen and oxygen atoms in total. The zero-order valence-corrected chi connectivity index (χ0v) is 20.2. The first kappa shape index (κ1) is 22.4. The summed E-state index contributed by atoms with van der Waals surface area (Å²) in [6.07, 6.45) is 7.59. The third kappa shape index (κ3) is 3.12. The maximum atomic E-state index is 12.6. The first-order valence-corrected chi connectivity index (χ1v) is 11.3. The molecule has 0 amide bonds. The van der Waals surface area contributed by atoms with Crippen LogP contribution in [0.2, 0.25) is 0 Å². The van der Waals surface area contributed by atoms with Gasteiger partial charge in [0.25, 0.3) is 5.56 Å². The van der Waals surface area contributed by atoms with E-state index in [0.717, 1.165) is 41.3 Å². The van der Waals surface area contributed by atoms with Crippen LogP contribution in [0.5, 0.6) is 11.5 Å². The predicted octanol–water partition coefficient (Wildman–Crippen LogP) is 3.15. The van der Waals surface area contributed by atoms with Crippen molar-refractivity contribution in [3.8, 4) is 22.6 Å². The monoisotopic (exact) mass is 463 g/mol. The molecule has 2 heterocycles. The molecule has 0 saturated heterocycles. The predicted molar refractivity (Wildman–Crippen MR) is 128 cm³/mol. The van der Waals surface area contributed by atoms with E-state index in [1.54, 1.807) is 38.2 Å². The van der Waals surface area contributed by atoms with E-state index < -0.39 is 0 Å². The lowest BCUT2D eigenvalue weighted by Gasteiger charge is -2.71. The molecule has 2 aromatic heterocycles. The van der Waals surface area contributed by atoms with Crippen LogP contribution in [0, 0.1) is 5.41 Å². The van der Waals surface area contributed by atoms with Crippen LogP contribution in [-0.2, 0) is 23.1 Å². The van der Waals surface area contributed by atoms with E-state index in [9.17, 15) is 9.59 Å². The van der Waals surface area contributed by atoms with Crippen molar-refractivity contribution < 1.29 is 19.0 Å². The lowest BCUT2D eigenvalue weighted by atomic mass is 9.39. The fraction of sp³-hybridized carbons (Fsp3) is 0.423. The Labute approximate surface area is 198 Å². The summed E-state index contributed by atoms with van der Waals surface area (Å²) in [7, 11) is 8.58. The van der Waals surface area contributed by atoms with Crippen molar-refractivity contribution in [3.05, 3.63) is 52.7 Å². The molecule has 3 aliphatic rings. The Morgan fingerprint density at radius 3 is 2.35 bits per heavy atom. The molecular formula is C26H29N3O5. The summed E-state index contributed by atoms with van der Waals surface area (Å²) in [4.78, 5) is 31.1. The van der Waals surface area contributed by atoms with Crippen LogP contribution in [0.25, 0.3) is 21.9 Å². The molecule has 3 fully saturated rings. The zero-order chi connectivity index (χ0) is 24.3. The number of aryl methyl sites for hydroxylation is 1. The summed E-state index contributed by atoms with van der Waals surface area (Å²) in [5.41, 5.74) is 2.37. The van der Waals surface area contributed by atoms with Crippen molar-refractivity contribution in [1.29, 1.82) is 0 Å². The van der Waals surface area contributed by atoms with Gasteiger partial charge in [0.1, 0.15) is 11.5 Å². The van der Waals surface area contributed by atoms with Gasteiger partial charge in [0.05, 0.1) is 37.7 Å². The number of esters is 1. The number of methoxy groups -OCH3 is 3. The molecule has 178 valence electrons. The Balaban J connectivity index is 1.51. The van der Waals surface area contributed by atoms with E-state index >= 15 is 0 Å². The molecule has 0 N–H and O–H groups in total. The number of hydrogen-bond donors (Lipinski definition) is 0. The SMILES string of the molecule is COC(=O)C12CC(N(C)Cc3c(OC)cc(-c4cn(C)c(=O)c5cnccc45)cc3OC)(C1)C2. The zero-order valence-electron chi connectivity index (χ0n) is 20.2. The number of carbonyl (C=O) groups excluding carboxylic acids is 1. The van der Waals surface area contributed by atoms with Crippen molar-refractivity contribution in [2.45, 2.75) is 31.3 Å². The van der Waals surface area contributed by atoms with Gasteiger partial charge in [0.2, 0.25) is 0 Å². The summed E-state index contributed by atoms with van der Waals surface area (Å²) >= 11 is 0. The minimum atomic E-state index is -0.291. The van der Waals surface area contributed by atoms with Crippen molar-refractivity contribution >= 4 is 16.7 Å². The third-order valence-corrected chi connectivity index (χ3v) is 7.73. The summed E-state index contributed by atoms with van der Waals surface area (Å²) in [5.74, 6) is 1.33. The van der Waals surface area contributed by atoms with E-state index in [0.29, 0.717) is 23.4 Å². The van der Waals surface area contributed by atoms with Crippen LogP contribution >= 0.6 is 0 Å². The molecule has 3 saturated carbocycles. The molecule has 3 aromatic rings. The molecular weight excluding hydrogens is 434 g/mol. The fourth-order valence-electron chi connectivity index (χ4n) is 5.81. The van der Waals surface area contributed by atoms with Crippen molar-refractivity contribution in [3.63, 3.8) is 0 Å². The van der Waals surface area contributed by atoms with Gasteiger partial charge in [-0.05, 0) is 55.5 Å².